The van der Waals surface area contributed by atoms with Crippen LogP contribution in [0.25, 0.3) is 11.0 Å². The van der Waals surface area contributed by atoms with Crippen LogP contribution in [-0.2, 0) is 17.9 Å². The first-order chi connectivity index (χ1) is 15.8. The van der Waals surface area contributed by atoms with Crippen LogP contribution in [0.15, 0.2) is 71.9 Å². The third-order valence-corrected chi connectivity index (χ3v) is 5.41. The van der Waals surface area contributed by atoms with E-state index in [1.807, 2.05) is 30.3 Å². The van der Waals surface area contributed by atoms with Gasteiger partial charge in [0.1, 0.15) is 17.5 Å². The Hall–Kier alpha value is -3.65. The molecule has 0 aliphatic heterocycles. The lowest BCUT2D eigenvalue weighted by Gasteiger charge is -2.25. The van der Waals surface area contributed by atoms with Gasteiger partial charge in [0.15, 0.2) is 11.2 Å². The minimum Gasteiger partial charge on any atom is -0.478 e. The lowest BCUT2D eigenvalue weighted by Crippen LogP contribution is -2.47. The van der Waals surface area contributed by atoms with Crippen LogP contribution in [0.2, 0.25) is 5.02 Å². The molecule has 0 atom stereocenters. The summed E-state index contributed by atoms with van der Waals surface area (Å²) >= 11 is 5.89. The lowest BCUT2D eigenvalue weighted by atomic mass is 10.1. The maximum absolute atomic E-state index is 12.8. The molecule has 9 heteroatoms. The van der Waals surface area contributed by atoms with E-state index < -0.39 is 5.60 Å². The minimum absolute atomic E-state index is 0.156. The summed E-state index contributed by atoms with van der Waals surface area (Å²) in [6, 6.07) is 16.5. The van der Waals surface area contributed by atoms with Gasteiger partial charge in [0.25, 0.3) is 11.5 Å². The van der Waals surface area contributed by atoms with Gasteiger partial charge in [-0.1, -0.05) is 41.9 Å². The second kappa shape index (κ2) is 9.46. The van der Waals surface area contributed by atoms with Gasteiger partial charge in [-0.3, -0.25) is 14.2 Å². The van der Waals surface area contributed by atoms with E-state index in [0.717, 1.165) is 5.56 Å². The molecule has 2 aromatic carbocycles. The standard InChI is InChI=1S/C24H24ClN5O3/c1-24(2,33-19-10-8-18(25)9-11-19)23(32)26-12-13-30-21-20(14-28-30)22(31)29(16-27-21)15-17-6-4-3-5-7-17/h3-11,14,16H,12-13,15H2,1-2H3,(H,26,32). The van der Waals surface area contributed by atoms with Crippen molar-refractivity contribution in [1.29, 1.82) is 0 Å². The topological polar surface area (TPSA) is 91.0 Å². The number of halogens is 1. The normalized spacial score (nSPS) is 11.5. The molecule has 4 aromatic rings. The Kier molecular flexibility index (Phi) is 6.46. The zero-order valence-corrected chi connectivity index (χ0v) is 19.1. The minimum atomic E-state index is -1.08. The van der Waals surface area contributed by atoms with Gasteiger partial charge >= 0.3 is 0 Å². The molecule has 0 aliphatic carbocycles. The van der Waals surface area contributed by atoms with E-state index in [2.05, 4.69) is 15.4 Å². The van der Waals surface area contributed by atoms with Gasteiger partial charge in [-0.2, -0.15) is 5.10 Å². The quantitative estimate of drug-likeness (QED) is 0.431. The molecule has 0 unspecified atom stereocenters. The van der Waals surface area contributed by atoms with Crippen molar-refractivity contribution in [3.63, 3.8) is 0 Å². The van der Waals surface area contributed by atoms with Crippen LogP contribution < -0.4 is 15.6 Å². The van der Waals surface area contributed by atoms with Crippen molar-refractivity contribution in [2.45, 2.75) is 32.5 Å². The third-order valence-electron chi connectivity index (χ3n) is 5.16. The van der Waals surface area contributed by atoms with Crippen molar-refractivity contribution in [3.8, 4) is 5.75 Å². The molecule has 0 bridgehead atoms. The van der Waals surface area contributed by atoms with Gasteiger partial charge < -0.3 is 10.1 Å². The maximum Gasteiger partial charge on any atom is 0.264 e. The van der Waals surface area contributed by atoms with Crippen molar-refractivity contribution in [3.05, 3.63) is 88.1 Å². The molecule has 1 N–H and O–H groups in total. The Labute approximate surface area is 195 Å². The van der Waals surface area contributed by atoms with Crippen molar-refractivity contribution in [2.75, 3.05) is 6.54 Å². The highest BCUT2D eigenvalue weighted by Crippen LogP contribution is 2.21. The van der Waals surface area contributed by atoms with Crippen LogP contribution in [-0.4, -0.2) is 37.4 Å². The molecule has 2 aromatic heterocycles. The number of hydrogen-bond acceptors (Lipinski definition) is 5. The van der Waals surface area contributed by atoms with Gasteiger partial charge in [0.05, 0.1) is 19.3 Å². The Morgan fingerprint density at radius 1 is 1.12 bits per heavy atom. The number of nitrogens with zero attached hydrogens (tertiary/aromatic N) is 4. The number of carbonyl (C=O) groups excluding carboxylic acids is 1. The van der Waals surface area contributed by atoms with Crippen molar-refractivity contribution in [2.24, 2.45) is 0 Å². The Morgan fingerprint density at radius 3 is 2.58 bits per heavy atom. The van der Waals surface area contributed by atoms with Crippen LogP contribution in [0.1, 0.15) is 19.4 Å². The monoisotopic (exact) mass is 465 g/mol. The number of amides is 1. The average Bonchev–Trinajstić information content (AvgIpc) is 3.21. The summed E-state index contributed by atoms with van der Waals surface area (Å²) in [6.07, 6.45) is 3.04. The average molecular weight is 466 g/mol. The van der Waals surface area contributed by atoms with Crippen LogP contribution in [0.3, 0.4) is 0 Å². The molecular weight excluding hydrogens is 442 g/mol. The summed E-state index contributed by atoms with van der Waals surface area (Å²) < 4.78 is 8.97. The molecule has 0 aliphatic rings. The Morgan fingerprint density at radius 2 is 1.85 bits per heavy atom. The van der Waals surface area contributed by atoms with E-state index in [1.165, 1.54) is 12.5 Å². The van der Waals surface area contributed by atoms with Crippen LogP contribution in [0, 0.1) is 0 Å². The highest BCUT2D eigenvalue weighted by molar-refractivity contribution is 6.30. The van der Waals surface area contributed by atoms with Crippen molar-refractivity contribution < 1.29 is 9.53 Å². The number of carbonyl (C=O) groups is 1. The first-order valence-corrected chi connectivity index (χ1v) is 10.9. The molecule has 8 nitrogen and oxygen atoms in total. The number of nitrogens with one attached hydrogen (secondary N) is 1. The fourth-order valence-corrected chi connectivity index (χ4v) is 3.51. The third kappa shape index (κ3) is 5.23. The van der Waals surface area contributed by atoms with Gasteiger partial charge in [-0.05, 0) is 43.7 Å². The summed E-state index contributed by atoms with van der Waals surface area (Å²) in [6.45, 7) is 4.49. The highest BCUT2D eigenvalue weighted by atomic mass is 35.5. The molecule has 1 amide bonds. The zero-order chi connectivity index (χ0) is 23.4. The summed E-state index contributed by atoms with van der Waals surface area (Å²) in [5, 5.41) is 8.17. The van der Waals surface area contributed by atoms with E-state index in [0.29, 0.717) is 41.4 Å². The van der Waals surface area contributed by atoms with Crippen molar-refractivity contribution >= 4 is 28.5 Å². The number of hydrogen-bond donors (Lipinski definition) is 1. The maximum atomic E-state index is 12.8. The lowest BCUT2D eigenvalue weighted by molar-refractivity contribution is -0.134. The molecule has 0 radical (unpaired) electrons. The number of aromatic nitrogens is 4. The van der Waals surface area contributed by atoms with Crippen LogP contribution >= 0.6 is 11.6 Å². The van der Waals surface area contributed by atoms with E-state index in [9.17, 15) is 9.59 Å². The number of rotatable bonds is 8. The molecule has 0 fully saturated rings. The van der Waals surface area contributed by atoms with E-state index in [-0.39, 0.29) is 11.5 Å². The zero-order valence-electron chi connectivity index (χ0n) is 18.4. The molecule has 33 heavy (non-hydrogen) atoms. The summed E-state index contributed by atoms with van der Waals surface area (Å²) in [5.41, 5.74) is 0.259. The van der Waals surface area contributed by atoms with E-state index in [4.69, 9.17) is 16.3 Å². The Bertz CT molecular complexity index is 1310. The van der Waals surface area contributed by atoms with Gasteiger partial charge in [-0.15, -0.1) is 0 Å². The molecular formula is C24H24ClN5O3. The predicted octanol–water partition coefficient (Wildman–Crippen LogP) is 3.27. The smallest absolute Gasteiger partial charge is 0.264 e. The molecule has 170 valence electrons. The molecule has 0 saturated carbocycles. The molecule has 4 rings (SSSR count). The first kappa shape index (κ1) is 22.5. The van der Waals surface area contributed by atoms with Crippen LogP contribution in [0.5, 0.6) is 5.75 Å². The second-order valence-corrected chi connectivity index (χ2v) is 8.53. The fraction of sp³-hybridized carbons (Fsp3) is 0.250. The highest BCUT2D eigenvalue weighted by Gasteiger charge is 2.29. The second-order valence-electron chi connectivity index (χ2n) is 8.09. The van der Waals surface area contributed by atoms with E-state index >= 15 is 0 Å². The van der Waals surface area contributed by atoms with Gasteiger partial charge in [-0.25, -0.2) is 9.67 Å². The number of ether oxygens (including phenoxy) is 1. The van der Waals surface area contributed by atoms with Gasteiger partial charge in [0.2, 0.25) is 0 Å². The first-order valence-electron chi connectivity index (χ1n) is 10.5. The largest absolute Gasteiger partial charge is 0.478 e. The summed E-state index contributed by atoms with van der Waals surface area (Å²) in [4.78, 5) is 29.9. The molecule has 0 saturated heterocycles. The summed E-state index contributed by atoms with van der Waals surface area (Å²) in [5.74, 6) is 0.278. The van der Waals surface area contributed by atoms with Crippen molar-refractivity contribution in [1.82, 2.24) is 24.6 Å². The summed E-state index contributed by atoms with van der Waals surface area (Å²) in [7, 11) is 0. The number of fused-ring (bicyclic) bond motifs is 1. The SMILES string of the molecule is CC(C)(Oc1ccc(Cl)cc1)C(=O)NCCn1ncc2c(=O)n(Cc3ccccc3)cnc21. The predicted molar refractivity (Wildman–Crippen MR) is 127 cm³/mol. The van der Waals surface area contributed by atoms with E-state index in [1.54, 1.807) is 47.4 Å². The van der Waals surface area contributed by atoms with Crippen LogP contribution in [0.4, 0.5) is 0 Å². The molecule has 0 spiro atoms. The van der Waals surface area contributed by atoms with Gasteiger partial charge in [0, 0.05) is 11.6 Å². The molecule has 2 heterocycles. The fourth-order valence-electron chi connectivity index (χ4n) is 3.39. The Balaban J connectivity index is 1.39. The number of benzene rings is 2.